The maximum atomic E-state index is 12.7. The molecule has 0 aromatic heterocycles. The maximum absolute atomic E-state index is 12.7. The lowest BCUT2D eigenvalue weighted by molar-refractivity contribution is -0.189. The normalized spacial score (nSPS) is 25.3. The predicted molar refractivity (Wildman–Crippen MR) is 68.4 cm³/mol. The Morgan fingerprint density at radius 2 is 2.10 bits per heavy atom. The zero-order chi connectivity index (χ0) is 14.5. The molecule has 0 bridgehead atoms. The predicted octanol–water partition coefficient (Wildman–Crippen LogP) is 3.19. The number of piperidine rings is 1. The smallest absolute Gasteiger partial charge is 0.331 e. The van der Waals surface area contributed by atoms with Crippen LogP contribution in [0.25, 0.3) is 0 Å². The number of likely N-dealkylation sites (tertiary alicyclic amines) is 1. The van der Waals surface area contributed by atoms with Crippen molar-refractivity contribution in [2.24, 2.45) is 0 Å². The van der Waals surface area contributed by atoms with E-state index in [2.05, 4.69) is 6.07 Å². The lowest BCUT2D eigenvalue weighted by Crippen LogP contribution is -2.51. The van der Waals surface area contributed by atoms with Gasteiger partial charge >= 0.3 is 12.1 Å². The van der Waals surface area contributed by atoms with Crippen LogP contribution >= 0.6 is 0 Å². The number of benzene rings is 1. The van der Waals surface area contributed by atoms with E-state index in [1.54, 1.807) is 0 Å². The van der Waals surface area contributed by atoms with Crippen LogP contribution in [0.4, 0.5) is 13.2 Å². The van der Waals surface area contributed by atoms with Crippen molar-refractivity contribution < 1.29 is 18.0 Å². The summed E-state index contributed by atoms with van der Waals surface area (Å²) in [4.78, 5) is 12.6. The molecule has 20 heavy (non-hydrogen) atoms. The number of carbonyl (C=O) groups is 1. The Morgan fingerprint density at radius 1 is 1.35 bits per heavy atom. The van der Waals surface area contributed by atoms with Crippen LogP contribution < -0.4 is 0 Å². The van der Waals surface area contributed by atoms with E-state index < -0.39 is 12.1 Å². The molecule has 1 amide bonds. The highest BCUT2D eigenvalue weighted by atomic mass is 19.4. The first-order valence-electron chi connectivity index (χ1n) is 6.85. The van der Waals surface area contributed by atoms with Crippen molar-refractivity contribution in [3.8, 4) is 0 Å². The third-order valence-corrected chi connectivity index (χ3v) is 4.41. The number of aryl methyl sites for hydroxylation is 1. The Hall–Kier alpha value is -1.52. The summed E-state index contributed by atoms with van der Waals surface area (Å²) in [5, 5.41) is 0. The first-order valence-corrected chi connectivity index (χ1v) is 6.85. The summed E-state index contributed by atoms with van der Waals surface area (Å²) in [5.41, 5.74) is 3.34. The molecule has 1 aliphatic carbocycles. The molecule has 2 atom stereocenters. The Labute approximate surface area is 115 Å². The second kappa shape index (κ2) is 4.50. The standard InChI is InChI=1S/C15H16F3NO/c1-9-4-5-10-8-13-11(12(10)7-9)3-2-6-19(13)14(20)15(16,17)18/h4-5,7,11,13H,2-3,6,8H2,1H3/t11-,13+/m0/s1. The first-order chi connectivity index (χ1) is 9.38. The molecule has 1 aromatic carbocycles. The van der Waals surface area contributed by atoms with Gasteiger partial charge in [0.1, 0.15) is 0 Å². The lowest BCUT2D eigenvalue weighted by atomic mass is 9.88. The first kappa shape index (κ1) is 13.5. The van der Waals surface area contributed by atoms with E-state index in [-0.39, 0.29) is 18.5 Å². The Balaban J connectivity index is 1.92. The molecule has 1 fully saturated rings. The van der Waals surface area contributed by atoms with Gasteiger partial charge in [0.05, 0.1) is 0 Å². The number of amides is 1. The number of hydrogen-bond donors (Lipinski definition) is 0. The van der Waals surface area contributed by atoms with E-state index in [1.165, 1.54) is 0 Å². The highest BCUT2D eigenvalue weighted by molar-refractivity contribution is 5.82. The molecule has 0 spiro atoms. The van der Waals surface area contributed by atoms with Crippen LogP contribution in [-0.4, -0.2) is 29.6 Å². The summed E-state index contributed by atoms with van der Waals surface area (Å²) in [5.74, 6) is -1.62. The minimum absolute atomic E-state index is 0.0601. The minimum atomic E-state index is -4.77. The number of fused-ring (bicyclic) bond motifs is 3. The molecular formula is C15H16F3NO. The van der Waals surface area contributed by atoms with E-state index in [4.69, 9.17) is 0 Å². The highest BCUT2D eigenvalue weighted by Gasteiger charge is 2.49. The number of carbonyl (C=O) groups excluding carboxylic acids is 1. The highest BCUT2D eigenvalue weighted by Crippen LogP contribution is 2.43. The van der Waals surface area contributed by atoms with Crippen molar-refractivity contribution >= 4 is 5.91 Å². The van der Waals surface area contributed by atoms with Crippen molar-refractivity contribution in [1.82, 2.24) is 4.90 Å². The van der Waals surface area contributed by atoms with E-state index in [0.717, 1.165) is 28.0 Å². The van der Waals surface area contributed by atoms with Crippen LogP contribution in [0.1, 0.15) is 35.4 Å². The van der Waals surface area contributed by atoms with Crippen molar-refractivity contribution in [1.29, 1.82) is 0 Å². The van der Waals surface area contributed by atoms with E-state index in [9.17, 15) is 18.0 Å². The van der Waals surface area contributed by atoms with Gasteiger partial charge in [-0.2, -0.15) is 13.2 Å². The van der Waals surface area contributed by atoms with Gasteiger partial charge in [-0.25, -0.2) is 0 Å². The van der Waals surface area contributed by atoms with Gasteiger partial charge in [-0.1, -0.05) is 23.8 Å². The summed E-state index contributed by atoms with van der Waals surface area (Å²) < 4.78 is 38.1. The van der Waals surface area contributed by atoms with Gasteiger partial charge in [-0.15, -0.1) is 0 Å². The number of halogens is 3. The Kier molecular flexibility index (Phi) is 3.03. The van der Waals surface area contributed by atoms with Crippen LogP contribution in [0.2, 0.25) is 0 Å². The van der Waals surface area contributed by atoms with Crippen molar-refractivity contribution in [3.05, 3.63) is 34.9 Å². The molecular weight excluding hydrogens is 267 g/mol. The number of alkyl halides is 3. The molecule has 2 aliphatic rings. The van der Waals surface area contributed by atoms with Gasteiger partial charge in [-0.3, -0.25) is 4.79 Å². The minimum Gasteiger partial charge on any atom is -0.331 e. The van der Waals surface area contributed by atoms with Crippen LogP contribution in [0.3, 0.4) is 0 Å². The van der Waals surface area contributed by atoms with Crippen LogP contribution in [0.15, 0.2) is 18.2 Å². The third-order valence-electron chi connectivity index (χ3n) is 4.41. The molecule has 0 N–H and O–H groups in total. The molecule has 0 unspecified atom stereocenters. The van der Waals surface area contributed by atoms with Crippen LogP contribution in [0, 0.1) is 6.92 Å². The quantitative estimate of drug-likeness (QED) is 0.716. The summed E-state index contributed by atoms with van der Waals surface area (Å²) in [7, 11) is 0. The summed E-state index contributed by atoms with van der Waals surface area (Å²) >= 11 is 0. The van der Waals surface area contributed by atoms with Crippen LogP contribution in [-0.2, 0) is 11.2 Å². The van der Waals surface area contributed by atoms with E-state index >= 15 is 0 Å². The van der Waals surface area contributed by atoms with Gasteiger partial charge < -0.3 is 4.90 Å². The fraction of sp³-hybridized carbons (Fsp3) is 0.533. The van der Waals surface area contributed by atoms with Gasteiger partial charge in [0.2, 0.25) is 0 Å². The van der Waals surface area contributed by atoms with Gasteiger partial charge in [0.15, 0.2) is 0 Å². The zero-order valence-corrected chi connectivity index (χ0v) is 11.2. The number of rotatable bonds is 0. The topological polar surface area (TPSA) is 20.3 Å². The Morgan fingerprint density at radius 3 is 2.80 bits per heavy atom. The van der Waals surface area contributed by atoms with Crippen LogP contribution in [0.5, 0.6) is 0 Å². The van der Waals surface area contributed by atoms with Gasteiger partial charge in [-0.05, 0) is 37.3 Å². The fourth-order valence-corrected chi connectivity index (χ4v) is 3.56. The molecule has 1 saturated heterocycles. The summed E-state index contributed by atoms with van der Waals surface area (Å²) in [6.45, 7) is 2.20. The van der Waals surface area contributed by atoms with Gasteiger partial charge in [0, 0.05) is 18.5 Å². The average Bonchev–Trinajstić information content (AvgIpc) is 2.74. The van der Waals surface area contributed by atoms with Crippen molar-refractivity contribution in [2.45, 2.75) is 44.3 Å². The lowest BCUT2D eigenvalue weighted by Gasteiger charge is -2.38. The van der Waals surface area contributed by atoms with Crippen molar-refractivity contribution in [3.63, 3.8) is 0 Å². The van der Waals surface area contributed by atoms with E-state index in [0.29, 0.717) is 12.8 Å². The largest absolute Gasteiger partial charge is 0.471 e. The molecule has 1 aromatic rings. The van der Waals surface area contributed by atoms with Gasteiger partial charge in [0.25, 0.3) is 0 Å². The molecule has 3 rings (SSSR count). The molecule has 0 radical (unpaired) electrons. The van der Waals surface area contributed by atoms with E-state index in [1.807, 2.05) is 19.1 Å². The molecule has 1 heterocycles. The second-order valence-electron chi connectivity index (χ2n) is 5.72. The second-order valence-corrected chi connectivity index (χ2v) is 5.72. The maximum Gasteiger partial charge on any atom is 0.471 e. The summed E-state index contributed by atoms with van der Waals surface area (Å²) in [6, 6.07) is 5.70. The fourth-order valence-electron chi connectivity index (χ4n) is 3.56. The monoisotopic (exact) mass is 283 g/mol. The number of nitrogens with zero attached hydrogens (tertiary/aromatic N) is 1. The Bertz CT molecular complexity index is 553. The number of hydrogen-bond acceptors (Lipinski definition) is 1. The zero-order valence-electron chi connectivity index (χ0n) is 11.2. The molecule has 1 aliphatic heterocycles. The molecule has 0 saturated carbocycles. The molecule has 2 nitrogen and oxygen atoms in total. The average molecular weight is 283 g/mol. The van der Waals surface area contributed by atoms with Crippen molar-refractivity contribution in [2.75, 3.05) is 6.54 Å². The SMILES string of the molecule is Cc1ccc2c(c1)[C@@H]1CCCN(C(=O)C(F)(F)F)[C@@H]1C2. The molecule has 5 heteroatoms. The summed E-state index contributed by atoms with van der Waals surface area (Å²) in [6.07, 6.45) is -2.73. The third kappa shape index (κ3) is 2.09. The molecule has 108 valence electrons.